The first kappa shape index (κ1) is 12.7. The van der Waals surface area contributed by atoms with Gasteiger partial charge in [0.15, 0.2) is 0 Å². The second-order valence-electron chi connectivity index (χ2n) is 3.17. The van der Waals surface area contributed by atoms with Crippen LogP contribution in [-0.4, -0.2) is 9.97 Å². The Bertz CT molecular complexity index is 586. The topological polar surface area (TPSA) is 51.8 Å². The fourth-order valence-electron chi connectivity index (χ4n) is 1.23. The highest BCUT2D eigenvalue weighted by atomic mass is 35.5. The number of aromatic nitrogens is 2. The van der Waals surface area contributed by atoms with Gasteiger partial charge in [-0.25, -0.2) is 4.98 Å². The predicted molar refractivity (Wildman–Crippen MR) is 71.9 cm³/mol. The molecule has 0 saturated heterocycles. The van der Waals surface area contributed by atoms with Crippen molar-refractivity contribution in [2.45, 2.75) is 0 Å². The van der Waals surface area contributed by atoms with Gasteiger partial charge in [0.2, 0.25) is 0 Å². The van der Waals surface area contributed by atoms with Crippen LogP contribution in [0, 0.1) is 0 Å². The quantitative estimate of drug-likeness (QED) is 0.797. The van der Waals surface area contributed by atoms with Gasteiger partial charge in [-0.05, 0) is 12.1 Å². The Morgan fingerprint density at radius 2 is 1.71 bits per heavy atom. The third-order valence-electron chi connectivity index (χ3n) is 2.01. The van der Waals surface area contributed by atoms with Crippen LogP contribution in [0.2, 0.25) is 20.2 Å². The van der Waals surface area contributed by atoms with Crippen LogP contribution in [0.3, 0.4) is 0 Å². The zero-order chi connectivity index (χ0) is 12.6. The minimum absolute atomic E-state index is 0.0697. The second-order valence-corrected chi connectivity index (χ2v) is 4.66. The number of halogens is 4. The minimum atomic E-state index is 0.0697. The van der Waals surface area contributed by atoms with E-state index in [0.29, 0.717) is 17.1 Å². The molecule has 0 aliphatic heterocycles. The third kappa shape index (κ3) is 2.43. The SMILES string of the molecule is Nc1ccnc(-c2nc(Cl)c(Cl)c(Cl)c2Cl)c1. The van der Waals surface area contributed by atoms with Crippen molar-refractivity contribution >= 4 is 52.1 Å². The minimum Gasteiger partial charge on any atom is -0.399 e. The fraction of sp³-hybridized carbons (Fsp3) is 0. The molecule has 2 N–H and O–H groups in total. The van der Waals surface area contributed by atoms with Crippen LogP contribution < -0.4 is 5.73 Å². The third-order valence-corrected chi connectivity index (χ3v) is 3.69. The van der Waals surface area contributed by atoms with E-state index in [1.54, 1.807) is 18.3 Å². The van der Waals surface area contributed by atoms with Gasteiger partial charge in [-0.3, -0.25) is 4.98 Å². The average Bonchev–Trinajstić information content (AvgIpc) is 2.31. The van der Waals surface area contributed by atoms with Crippen LogP contribution in [0.5, 0.6) is 0 Å². The number of nitrogen functional groups attached to an aromatic ring is 1. The zero-order valence-electron chi connectivity index (χ0n) is 8.22. The molecule has 0 aliphatic rings. The summed E-state index contributed by atoms with van der Waals surface area (Å²) in [5, 5.41) is 0.526. The molecule has 7 heteroatoms. The van der Waals surface area contributed by atoms with E-state index in [0.717, 1.165) is 0 Å². The van der Waals surface area contributed by atoms with E-state index in [9.17, 15) is 0 Å². The van der Waals surface area contributed by atoms with Gasteiger partial charge in [0, 0.05) is 11.9 Å². The van der Waals surface area contributed by atoms with Crippen LogP contribution in [0.15, 0.2) is 18.3 Å². The van der Waals surface area contributed by atoms with Crippen molar-refractivity contribution in [3.8, 4) is 11.4 Å². The normalized spacial score (nSPS) is 10.6. The van der Waals surface area contributed by atoms with Gasteiger partial charge in [-0.15, -0.1) is 0 Å². The predicted octanol–water partition coefficient (Wildman–Crippen LogP) is 4.34. The fourth-order valence-corrected chi connectivity index (χ4v) is 2.06. The molecule has 2 heterocycles. The molecule has 0 aliphatic carbocycles. The molecule has 88 valence electrons. The van der Waals surface area contributed by atoms with Crippen LogP contribution in [0.1, 0.15) is 0 Å². The largest absolute Gasteiger partial charge is 0.399 e. The van der Waals surface area contributed by atoms with Crippen molar-refractivity contribution in [3.05, 3.63) is 38.6 Å². The summed E-state index contributed by atoms with van der Waals surface area (Å²) in [4.78, 5) is 8.14. The molecule has 0 unspecified atom stereocenters. The summed E-state index contributed by atoms with van der Waals surface area (Å²) >= 11 is 23.6. The number of pyridine rings is 2. The van der Waals surface area contributed by atoms with E-state index in [2.05, 4.69) is 9.97 Å². The molecule has 3 nitrogen and oxygen atoms in total. The van der Waals surface area contributed by atoms with E-state index in [-0.39, 0.29) is 20.2 Å². The van der Waals surface area contributed by atoms with E-state index >= 15 is 0 Å². The van der Waals surface area contributed by atoms with Gasteiger partial charge in [-0.2, -0.15) is 0 Å². The Morgan fingerprint density at radius 1 is 1.00 bits per heavy atom. The highest BCUT2D eigenvalue weighted by Crippen LogP contribution is 2.39. The smallest absolute Gasteiger partial charge is 0.150 e. The Labute approximate surface area is 117 Å². The first-order valence-electron chi connectivity index (χ1n) is 4.42. The van der Waals surface area contributed by atoms with E-state index in [1.165, 1.54) is 0 Å². The summed E-state index contributed by atoms with van der Waals surface area (Å²) in [6.45, 7) is 0. The second kappa shape index (κ2) is 4.86. The number of anilines is 1. The number of rotatable bonds is 1. The molecule has 2 rings (SSSR count). The number of nitrogens with two attached hydrogens (primary N) is 1. The van der Waals surface area contributed by atoms with Crippen LogP contribution >= 0.6 is 46.4 Å². The molecule has 0 radical (unpaired) electrons. The monoisotopic (exact) mass is 307 g/mol. The molecule has 0 bridgehead atoms. The lowest BCUT2D eigenvalue weighted by Gasteiger charge is -2.07. The zero-order valence-corrected chi connectivity index (χ0v) is 11.2. The van der Waals surface area contributed by atoms with Gasteiger partial charge < -0.3 is 5.73 Å². The maximum absolute atomic E-state index is 6.04. The van der Waals surface area contributed by atoms with Gasteiger partial charge in [0.1, 0.15) is 10.8 Å². The number of nitrogens with zero attached hydrogens (tertiary/aromatic N) is 2. The van der Waals surface area contributed by atoms with Crippen molar-refractivity contribution < 1.29 is 0 Å². The van der Waals surface area contributed by atoms with Crippen LogP contribution in [0.4, 0.5) is 5.69 Å². The van der Waals surface area contributed by atoms with E-state index in [1.807, 2.05) is 0 Å². The molecule has 2 aromatic heterocycles. The first-order valence-corrected chi connectivity index (χ1v) is 5.93. The highest BCUT2D eigenvalue weighted by Gasteiger charge is 2.17. The lowest BCUT2D eigenvalue weighted by molar-refractivity contribution is 1.25. The molecular formula is C10H5Cl4N3. The number of hydrogen-bond acceptors (Lipinski definition) is 3. The molecular weight excluding hydrogens is 304 g/mol. The van der Waals surface area contributed by atoms with Crippen molar-refractivity contribution in [2.24, 2.45) is 0 Å². The summed E-state index contributed by atoms with van der Waals surface area (Å²) < 4.78 is 0. The Hall–Kier alpha value is -0.740. The number of hydrogen-bond donors (Lipinski definition) is 1. The van der Waals surface area contributed by atoms with Gasteiger partial charge in [0.25, 0.3) is 0 Å². The molecule has 17 heavy (non-hydrogen) atoms. The van der Waals surface area contributed by atoms with Gasteiger partial charge in [0.05, 0.1) is 20.8 Å². The van der Waals surface area contributed by atoms with Crippen LogP contribution in [-0.2, 0) is 0 Å². The maximum atomic E-state index is 6.04. The summed E-state index contributed by atoms with van der Waals surface area (Å²) in [6, 6.07) is 3.27. The summed E-state index contributed by atoms with van der Waals surface area (Å²) in [5.74, 6) is 0. The molecule has 0 amide bonds. The Balaban J connectivity index is 2.68. The van der Waals surface area contributed by atoms with Crippen molar-refractivity contribution in [3.63, 3.8) is 0 Å². The molecule has 0 spiro atoms. The van der Waals surface area contributed by atoms with E-state index < -0.39 is 0 Å². The molecule has 0 aromatic carbocycles. The summed E-state index contributed by atoms with van der Waals surface area (Å²) in [6.07, 6.45) is 1.54. The lowest BCUT2D eigenvalue weighted by Crippen LogP contribution is -1.93. The van der Waals surface area contributed by atoms with Crippen molar-refractivity contribution in [1.82, 2.24) is 9.97 Å². The Kier molecular flexibility index (Phi) is 3.64. The van der Waals surface area contributed by atoms with Crippen LogP contribution in [0.25, 0.3) is 11.4 Å². The molecule has 0 saturated carbocycles. The molecule has 0 atom stereocenters. The summed E-state index contributed by atoms with van der Waals surface area (Å²) in [5.41, 5.74) is 7.01. The summed E-state index contributed by atoms with van der Waals surface area (Å²) in [7, 11) is 0. The average molecular weight is 309 g/mol. The Morgan fingerprint density at radius 3 is 2.35 bits per heavy atom. The van der Waals surface area contributed by atoms with Crippen molar-refractivity contribution in [1.29, 1.82) is 0 Å². The lowest BCUT2D eigenvalue weighted by atomic mass is 10.2. The maximum Gasteiger partial charge on any atom is 0.150 e. The molecule has 0 fully saturated rings. The molecule has 2 aromatic rings. The standard InChI is InChI=1S/C10H5Cl4N3/c11-6-7(12)9(17-10(14)8(6)13)5-3-4(15)1-2-16-5/h1-3H,(H2,15,16). The first-order chi connectivity index (χ1) is 8.00. The van der Waals surface area contributed by atoms with Crippen molar-refractivity contribution in [2.75, 3.05) is 5.73 Å². The van der Waals surface area contributed by atoms with Gasteiger partial charge >= 0.3 is 0 Å². The van der Waals surface area contributed by atoms with Gasteiger partial charge in [-0.1, -0.05) is 46.4 Å². The highest BCUT2D eigenvalue weighted by molar-refractivity contribution is 6.52. The van der Waals surface area contributed by atoms with E-state index in [4.69, 9.17) is 52.1 Å².